The molecule has 0 amide bonds. The summed E-state index contributed by atoms with van der Waals surface area (Å²) in [6.45, 7) is 2.40. The number of alkyl halides is 3. The highest BCUT2D eigenvalue weighted by molar-refractivity contribution is 7.89. The van der Waals surface area contributed by atoms with Crippen molar-refractivity contribution in [2.75, 3.05) is 0 Å². The molecule has 192 valence electrons. The number of hydrogen-bond acceptors (Lipinski definition) is 4. The van der Waals surface area contributed by atoms with Crippen molar-refractivity contribution in [2.45, 2.75) is 37.4 Å². The van der Waals surface area contributed by atoms with E-state index in [1.807, 2.05) is 6.07 Å². The van der Waals surface area contributed by atoms with E-state index >= 15 is 0 Å². The van der Waals surface area contributed by atoms with Crippen molar-refractivity contribution in [2.24, 2.45) is 0 Å². The lowest BCUT2D eigenvalue weighted by Gasteiger charge is -2.17. The summed E-state index contributed by atoms with van der Waals surface area (Å²) in [5, 5.41) is 10.2. The topological polar surface area (TPSA) is 87.8 Å². The Hall–Kier alpha value is -3.82. The Bertz CT molecular complexity index is 1640. The maximum atomic E-state index is 14.9. The van der Waals surface area contributed by atoms with Gasteiger partial charge in [0.05, 0.1) is 28.2 Å². The summed E-state index contributed by atoms with van der Waals surface area (Å²) in [5.41, 5.74) is 0.753. The van der Waals surface area contributed by atoms with Crippen LogP contribution < -0.4 is 4.72 Å². The predicted octanol–water partition coefficient (Wildman–Crippen LogP) is 5.63. The number of aromatic nitrogens is 2. The first kappa shape index (κ1) is 26.2. The van der Waals surface area contributed by atoms with Gasteiger partial charge < -0.3 is 4.57 Å². The van der Waals surface area contributed by atoms with Gasteiger partial charge in [-0.15, -0.1) is 0 Å². The molecule has 2 aromatic carbocycles. The van der Waals surface area contributed by atoms with Crippen LogP contribution in [0.25, 0.3) is 28.0 Å². The largest absolute Gasteiger partial charge is 0.404 e. The minimum Gasteiger partial charge on any atom is -0.304 e. The summed E-state index contributed by atoms with van der Waals surface area (Å²) < 4.78 is 96.0. The third-order valence-corrected chi connectivity index (χ3v) is 7.36. The van der Waals surface area contributed by atoms with Gasteiger partial charge in [-0.25, -0.2) is 17.2 Å². The molecule has 6 nitrogen and oxygen atoms in total. The van der Waals surface area contributed by atoms with Gasteiger partial charge in [0.1, 0.15) is 28.6 Å². The molecule has 1 N–H and O–H groups in total. The molecule has 4 aromatic rings. The van der Waals surface area contributed by atoms with Gasteiger partial charge in [-0.3, -0.25) is 4.98 Å². The average molecular weight is 535 g/mol. The fraction of sp³-hybridized carbons (Fsp3) is 0.200. The Labute approximate surface area is 209 Å². The monoisotopic (exact) mass is 534 g/mol. The molecule has 0 spiro atoms. The first-order chi connectivity index (χ1) is 17.4. The van der Waals surface area contributed by atoms with Gasteiger partial charge in [0.25, 0.3) is 0 Å². The molecule has 0 aliphatic rings. The number of nitriles is 1. The molecule has 2 heterocycles. The maximum absolute atomic E-state index is 14.9. The molecule has 0 radical (unpaired) electrons. The lowest BCUT2D eigenvalue weighted by atomic mass is 10.1. The van der Waals surface area contributed by atoms with Gasteiger partial charge in [-0.2, -0.15) is 23.2 Å². The van der Waals surface area contributed by atoms with Crippen molar-refractivity contribution >= 4 is 20.9 Å². The molecule has 2 aromatic heterocycles. The summed E-state index contributed by atoms with van der Waals surface area (Å²) in [5.74, 6) is -1.19. The van der Waals surface area contributed by atoms with Crippen LogP contribution in [0.3, 0.4) is 0 Å². The minimum atomic E-state index is -4.80. The van der Waals surface area contributed by atoms with E-state index < -0.39 is 38.8 Å². The fourth-order valence-electron chi connectivity index (χ4n) is 3.91. The van der Waals surface area contributed by atoms with Crippen LogP contribution in [-0.2, 0) is 16.4 Å². The fourth-order valence-corrected chi connectivity index (χ4v) is 5.08. The number of nitrogens with one attached hydrogen (secondary N) is 1. The number of para-hydroxylation sites is 1. The first-order valence-electron chi connectivity index (χ1n) is 11.0. The van der Waals surface area contributed by atoms with Crippen LogP contribution in [0.5, 0.6) is 0 Å². The van der Waals surface area contributed by atoms with Crippen molar-refractivity contribution in [3.63, 3.8) is 0 Å². The van der Waals surface area contributed by atoms with Gasteiger partial charge in [0, 0.05) is 11.6 Å². The van der Waals surface area contributed by atoms with Crippen molar-refractivity contribution in [1.82, 2.24) is 14.3 Å². The number of benzene rings is 2. The van der Waals surface area contributed by atoms with Crippen LogP contribution in [0.4, 0.5) is 22.0 Å². The molecule has 12 heteroatoms. The Morgan fingerprint density at radius 3 is 2.38 bits per heavy atom. The second kappa shape index (κ2) is 9.57. The molecule has 0 saturated carbocycles. The van der Waals surface area contributed by atoms with Gasteiger partial charge in [-0.1, -0.05) is 19.1 Å². The highest BCUT2D eigenvalue weighted by Gasteiger charge is 2.39. The molecule has 1 atom stereocenters. The lowest BCUT2D eigenvalue weighted by molar-refractivity contribution is -0.147. The molecule has 0 fully saturated rings. The highest BCUT2D eigenvalue weighted by atomic mass is 32.2. The Balaban J connectivity index is 1.95. The summed E-state index contributed by atoms with van der Waals surface area (Å²) >= 11 is 0. The third-order valence-electron chi connectivity index (χ3n) is 5.83. The summed E-state index contributed by atoms with van der Waals surface area (Å²) in [6, 6.07) is 10.2. The Morgan fingerprint density at radius 2 is 1.81 bits per heavy atom. The van der Waals surface area contributed by atoms with Gasteiger partial charge in [-0.05, 0) is 55.3 Å². The number of nitrogens with zero attached hydrogens (tertiary/aromatic N) is 3. The van der Waals surface area contributed by atoms with E-state index in [2.05, 4.69) is 4.98 Å². The van der Waals surface area contributed by atoms with E-state index in [4.69, 9.17) is 0 Å². The number of pyridine rings is 1. The van der Waals surface area contributed by atoms with E-state index in [-0.39, 0.29) is 28.0 Å². The summed E-state index contributed by atoms with van der Waals surface area (Å²) in [6.07, 6.45) is -3.63. The molecule has 0 bridgehead atoms. The summed E-state index contributed by atoms with van der Waals surface area (Å²) in [7, 11) is -4.58. The minimum absolute atomic E-state index is 0.0253. The van der Waals surface area contributed by atoms with E-state index in [1.54, 1.807) is 13.0 Å². The van der Waals surface area contributed by atoms with Gasteiger partial charge in [0.15, 0.2) is 0 Å². The third kappa shape index (κ3) is 4.80. The van der Waals surface area contributed by atoms with Crippen molar-refractivity contribution in [3.8, 4) is 23.1 Å². The molecule has 0 aliphatic heterocycles. The predicted molar refractivity (Wildman–Crippen MR) is 126 cm³/mol. The number of hydrogen-bond donors (Lipinski definition) is 1. The van der Waals surface area contributed by atoms with Crippen molar-refractivity contribution < 1.29 is 30.4 Å². The molecule has 37 heavy (non-hydrogen) atoms. The highest BCUT2D eigenvalue weighted by Crippen LogP contribution is 2.37. The number of halogens is 5. The van der Waals surface area contributed by atoms with Crippen molar-refractivity contribution in [3.05, 3.63) is 77.5 Å². The summed E-state index contributed by atoms with van der Waals surface area (Å²) in [4.78, 5) is 3.54. The zero-order valence-electron chi connectivity index (χ0n) is 19.4. The molecular weight excluding hydrogens is 515 g/mol. The van der Waals surface area contributed by atoms with E-state index in [1.165, 1.54) is 45.7 Å². The van der Waals surface area contributed by atoms with Crippen LogP contribution in [0.2, 0.25) is 0 Å². The zero-order valence-corrected chi connectivity index (χ0v) is 20.3. The van der Waals surface area contributed by atoms with Crippen LogP contribution in [-0.4, -0.2) is 30.2 Å². The van der Waals surface area contributed by atoms with Gasteiger partial charge in [0.2, 0.25) is 10.0 Å². The Kier molecular flexibility index (Phi) is 6.79. The molecule has 0 saturated heterocycles. The lowest BCUT2D eigenvalue weighted by Crippen LogP contribution is -2.42. The maximum Gasteiger partial charge on any atom is 0.404 e. The second-order valence-electron chi connectivity index (χ2n) is 8.20. The number of rotatable bonds is 6. The molecular formula is C25H19F5N4O2S. The standard InChI is InChI=1S/C25H19F5N4O2S/c1-3-15-10-23-17(11-20(15)27)18(12-31)24(34(23)22-7-5-4-6-19(22)26)21-9-8-16(13-32-21)37(35,36)33-14(2)25(28,29)30/h4-11,13-14,33H,3H2,1-2H3/t14-/m0/s1. The zero-order chi connectivity index (χ0) is 27.1. The molecule has 4 rings (SSSR count). The smallest absolute Gasteiger partial charge is 0.304 e. The van der Waals surface area contributed by atoms with Crippen LogP contribution in [0.15, 0.2) is 59.6 Å². The van der Waals surface area contributed by atoms with Crippen LogP contribution in [0, 0.1) is 23.0 Å². The van der Waals surface area contributed by atoms with E-state index in [0.29, 0.717) is 24.4 Å². The Morgan fingerprint density at radius 1 is 1.11 bits per heavy atom. The molecule has 0 unspecified atom stereocenters. The van der Waals surface area contributed by atoms with Crippen molar-refractivity contribution in [1.29, 1.82) is 5.26 Å². The molecule has 0 aliphatic carbocycles. The first-order valence-corrected chi connectivity index (χ1v) is 12.4. The second-order valence-corrected chi connectivity index (χ2v) is 9.91. The van der Waals surface area contributed by atoms with Gasteiger partial charge >= 0.3 is 6.18 Å². The van der Waals surface area contributed by atoms with E-state index in [9.17, 15) is 35.6 Å². The van der Waals surface area contributed by atoms with Crippen LogP contribution >= 0.6 is 0 Å². The quantitative estimate of drug-likeness (QED) is 0.325. The van der Waals surface area contributed by atoms with Crippen LogP contribution in [0.1, 0.15) is 25.0 Å². The van der Waals surface area contributed by atoms with E-state index in [0.717, 1.165) is 12.3 Å². The normalized spacial score (nSPS) is 13.0. The number of aryl methyl sites for hydroxylation is 1. The number of sulfonamides is 1. The SMILES string of the molecule is CCc1cc2c(cc1F)c(C#N)c(-c1ccc(S(=O)(=O)N[C@@H](C)C(F)(F)F)cn1)n2-c1ccccc1F. The number of fused-ring (bicyclic) bond motifs is 1. The average Bonchev–Trinajstić information content (AvgIpc) is 3.15.